The van der Waals surface area contributed by atoms with Crippen LogP contribution >= 0.6 is 0 Å². The van der Waals surface area contributed by atoms with Gasteiger partial charge in [0.15, 0.2) is 11.5 Å². The Morgan fingerprint density at radius 2 is 1.65 bits per heavy atom. The number of rotatable bonds is 7. The average molecular weight is 492 g/mol. The Hall–Kier alpha value is -4.05. The number of aromatic nitrogens is 1. The van der Waals surface area contributed by atoms with Gasteiger partial charge in [-0.3, -0.25) is 4.98 Å². The molecule has 0 atom stereocenters. The lowest BCUT2D eigenvalue weighted by Crippen LogP contribution is -2.03. The lowest BCUT2D eigenvalue weighted by molar-refractivity contribution is 0.397. The summed E-state index contributed by atoms with van der Waals surface area (Å²) in [5, 5.41) is 21.5. The first-order valence-electron chi connectivity index (χ1n) is 12.9. The van der Waals surface area contributed by atoms with E-state index in [2.05, 4.69) is 49.2 Å². The minimum atomic E-state index is -0.0443. The van der Waals surface area contributed by atoms with E-state index in [9.17, 15) is 10.2 Å². The van der Waals surface area contributed by atoms with Gasteiger partial charge in [0.2, 0.25) is 0 Å². The maximum Gasteiger partial charge on any atom is 0.161 e. The Bertz CT molecular complexity index is 1450. The van der Waals surface area contributed by atoms with Crippen molar-refractivity contribution in [3.8, 4) is 23.0 Å². The normalized spacial score (nSPS) is 12.5. The molecule has 0 saturated carbocycles. The number of aromatic hydroxyl groups is 2. The van der Waals surface area contributed by atoms with Crippen LogP contribution in [0.15, 0.2) is 72.9 Å². The Morgan fingerprint density at radius 1 is 0.865 bits per heavy atom. The van der Waals surface area contributed by atoms with Crippen LogP contribution in [0.3, 0.4) is 0 Å². The number of ether oxygens (including phenoxy) is 1. The van der Waals surface area contributed by atoms with Crippen molar-refractivity contribution in [2.75, 3.05) is 0 Å². The van der Waals surface area contributed by atoms with Gasteiger partial charge >= 0.3 is 0 Å². The van der Waals surface area contributed by atoms with E-state index in [0.717, 1.165) is 52.3 Å². The summed E-state index contributed by atoms with van der Waals surface area (Å²) in [7, 11) is 0. The van der Waals surface area contributed by atoms with Gasteiger partial charge in [0.25, 0.3) is 0 Å². The highest BCUT2D eigenvalue weighted by molar-refractivity contribution is 5.58. The Morgan fingerprint density at radius 3 is 2.43 bits per heavy atom. The molecule has 1 aliphatic rings. The van der Waals surface area contributed by atoms with E-state index in [4.69, 9.17) is 4.74 Å². The number of benzene rings is 3. The number of hydrogen-bond donors (Lipinski definition) is 2. The van der Waals surface area contributed by atoms with Crippen molar-refractivity contribution in [1.29, 1.82) is 0 Å². The Balaban J connectivity index is 1.45. The first-order valence-corrected chi connectivity index (χ1v) is 12.9. The van der Waals surface area contributed by atoms with E-state index in [-0.39, 0.29) is 17.4 Å². The van der Waals surface area contributed by atoms with Gasteiger partial charge in [-0.1, -0.05) is 68.5 Å². The highest BCUT2D eigenvalue weighted by atomic mass is 16.5. The van der Waals surface area contributed by atoms with E-state index in [1.165, 1.54) is 5.56 Å². The molecule has 0 unspecified atom stereocenters. The minimum Gasteiger partial charge on any atom is -0.504 e. The molecule has 0 radical (unpaired) electrons. The van der Waals surface area contributed by atoms with Crippen LogP contribution < -0.4 is 4.74 Å². The van der Waals surface area contributed by atoms with Crippen molar-refractivity contribution in [2.45, 2.75) is 52.4 Å². The van der Waals surface area contributed by atoms with Crippen LogP contribution in [-0.4, -0.2) is 15.2 Å². The van der Waals surface area contributed by atoms with Crippen molar-refractivity contribution in [3.05, 3.63) is 118 Å². The summed E-state index contributed by atoms with van der Waals surface area (Å²) in [5.41, 5.74) is 7.90. The molecular weight excluding hydrogens is 458 g/mol. The van der Waals surface area contributed by atoms with E-state index in [1.807, 2.05) is 49.4 Å². The number of pyridine rings is 1. The van der Waals surface area contributed by atoms with Crippen LogP contribution in [0.1, 0.15) is 70.8 Å². The fraction of sp³-hybridized carbons (Fsp3) is 0.242. The summed E-state index contributed by atoms with van der Waals surface area (Å²) >= 11 is 0. The monoisotopic (exact) mass is 491 g/mol. The molecule has 3 aromatic carbocycles. The van der Waals surface area contributed by atoms with Crippen molar-refractivity contribution in [3.63, 3.8) is 0 Å². The van der Waals surface area contributed by atoms with Crippen LogP contribution in [0, 0.1) is 6.92 Å². The van der Waals surface area contributed by atoms with Crippen LogP contribution in [0.5, 0.6) is 23.0 Å². The van der Waals surface area contributed by atoms with Crippen molar-refractivity contribution >= 4 is 6.08 Å². The average Bonchev–Trinajstić information content (AvgIpc) is 2.91. The quantitative estimate of drug-likeness (QED) is 0.258. The molecule has 0 spiro atoms. The standard InChI is InChI=1S/C33H33NO3/c1-21(2)28-19-24(13-14-30(28)37-31-15-16-34-29-12-8-7-11-27(29)31)18-26-20-25(22(3)32(35)33(26)36)17-23-9-5-4-6-10-23/h4-6,8-10,12-16,19-21,35-36H,7,11,17-18H2,1-3H3. The van der Waals surface area contributed by atoms with Gasteiger partial charge in [0.1, 0.15) is 11.5 Å². The highest BCUT2D eigenvalue weighted by Crippen LogP contribution is 2.39. The predicted molar refractivity (Wildman–Crippen MR) is 149 cm³/mol. The van der Waals surface area contributed by atoms with Gasteiger partial charge in [0, 0.05) is 23.7 Å². The summed E-state index contributed by atoms with van der Waals surface area (Å²) in [6.45, 7) is 6.17. The molecule has 0 fully saturated rings. The summed E-state index contributed by atoms with van der Waals surface area (Å²) in [6, 6.07) is 20.4. The number of phenolic OH excluding ortho intramolecular Hbond substituents is 2. The van der Waals surface area contributed by atoms with Crippen molar-refractivity contribution < 1.29 is 14.9 Å². The number of phenols is 2. The van der Waals surface area contributed by atoms with Gasteiger partial charge in [-0.15, -0.1) is 0 Å². The molecule has 1 heterocycles. The third-order valence-corrected chi connectivity index (χ3v) is 7.14. The molecule has 188 valence electrons. The van der Waals surface area contributed by atoms with E-state index in [1.54, 1.807) is 6.20 Å². The summed E-state index contributed by atoms with van der Waals surface area (Å²) in [5.74, 6) is 1.86. The molecule has 0 saturated heterocycles. The molecule has 0 amide bonds. The molecule has 2 N–H and O–H groups in total. The number of fused-ring (bicyclic) bond motifs is 1. The number of hydrogen-bond acceptors (Lipinski definition) is 4. The van der Waals surface area contributed by atoms with Gasteiger partial charge < -0.3 is 14.9 Å². The first kappa shape index (κ1) is 24.6. The van der Waals surface area contributed by atoms with Crippen molar-refractivity contribution in [2.24, 2.45) is 0 Å². The first-order chi connectivity index (χ1) is 17.9. The molecule has 4 aromatic rings. The zero-order chi connectivity index (χ0) is 25.9. The summed E-state index contributed by atoms with van der Waals surface area (Å²) in [4.78, 5) is 4.48. The van der Waals surface area contributed by atoms with Gasteiger partial charge in [-0.05, 0) is 78.1 Å². The molecule has 0 bridgehead atoms. The van der Waals surface area contributed by atoms with Crippen molar-refractivity contribution in [1.82, 2.24) is 4.98 Å². The van der Waals surface area contributed by atoms with Gasteiger partial charge in [-0.2, -0.15) is 0 Å². The SMILES string of the molecule is Cc1c(Cc2ccccc2)cc(Cc2ccc(Oc3ccnc4c3CCC=C4)c(C(C)C)c2)c(O)c1O. The minimum absolute atomic E-state index is 0.0380. The summed E-state index contributed by atoms with van der Waals surface area (Å²) < 4.78 is 6.46. The van der Waals surface area contributed by atoms with E-state index in [0.29, 0.717) is 24.0 Å². The fourth-order valence-corrected chi connectivity index (χ4v) is 5.00. The van der Waals surface area contributed by atoms with Crippen LogP contribution in [0.2, 0.25) is 0 Å². The largest absolute Gasteiger partial charge is 0.504 e. The zero-order valence-electron chi connectivity index (χ0n) is 21.7. The second-order valence-electron chi connectivity index (χ2n) is 10.1. The second kappa shape index (κ2) is 10.5. The van der Waals surface area contributed by atoms with Gasteiger partial charge in [0.05, 0.1) is 5.69 Å². The highest BCUT2D eigenvalue weighted by Gasteiger charge is 2.18. The summed E-state index contributed by atoms with van der Waals surface area (Å²) in [6.07, 6.45) is 9.13. The molecule has 0 aliphatic heterocycles. The van der Waals surface area contributed by atoms with Crippen LogP contribution in [0.4, 0.5) is 0 Å². The van der Waals surface area contributed by atoms with Crippen LogP contribution in [-0.2, 0) is 19.3 Å². The van der Waals surface area contributed by atoms with E-state index >= 15 is 0 Å². The molecule has 37 heavy (non-hydrogen) atoms. The number of nitrogens with zero attached hydrogens (tertiary/aromatic N) is 1. The fourth-order valence-electron chi connectivity index (χ4n) is 5.00. The zero-order valence-corrected chi connectivity index (χ0v) is 21.7. The van der Waals surface area contributed by atoms with E-state index < -0.39 is 0 Å². The maximum atomic E-state index is 10.8. The Kier molecular flexibility index (Phi) is 7.00. The molecule has 4 nitrogen and oxygen atoms in total. The molecule has 1 aliphatic carbocycles. The predicted octanol–water partition coefficient (Wildman–Crippen LogP) is 7.86. The second-order valence-corrected chi connectivity index (χ2v) is 10.1. The topological polar surface area (TPSA) is 62.6 Å². The third kappa shape index (κ3) is 5.24. The molecule has 5 rings (SSSR count). The smallest absolute Gasteiger partial charge is 0.161 e. The molecule has 1 aromatic heterocycles. The number of allylic oxidation sites excluding steroid dienone is 1. The lowest BCUT2D eigenvalue weighted by atomic mass is 9.92. The van der Waals surface area contributed by atoms with Crippen LogP contribution in [0.25, 0.3) is 6.08 Å². The van der Waals surface area contributed by atoms with Gasteiger partial charge in [-0.25, -0.2) is 0 Å². The lowest BCUT2D eigenvalue weighted by Gasteiger charge is -2.19. The Labute approximate surface area is 218 Å². The maximum absolute atomic E-state index is 10.8. The molecule has 4 heteroatoms. The molecular formula is C33H33NO3. The third-order valence-electron chi connectivity index (χ3n) is 7.14.